The molecule has 0 saturated heterocycles. The van der Waals surface area contributed by atoms with Crippen molar-refractivity contribution in [3.8, 4) is 6.07 Å². The molecule has 4 nitrogen and oxygen atoms in total. The van der Waals surface area contributed by atoms with Gasteiger partial charge in [0.25, 0.3) is 0 Å². The number of aryl methyl sites for hydroxylation is 1. The minimum absolute atomic E-state index is 0.532. The second-order valence-electron chi connectivity index (χ2n) is 2.28. The van der Waals surface area contributed by atoms with E-state index in [1.807, 2.05) is 6.07 Å². The molecule has 0 aliphatic carbocycles. The van der Waals surface area contributed by atoms with Crippen molar-refractivity contribution in [1.29, 1.82) is 5.26 Å². The third-order valence-electron chi connectivity index (χ3n) is 1.44. The summed E-state index contributed by atoms with van der Waals surface area (Å²) in [6, 6.07) is 3.67. The molecule has 0 saturated carbocycles. The molecule has 1 aromatic heterocycles. The van der Waals surface area contributed by atoms with Crippen LogP contribution in [-0.4, -0.2) is 16.4 Å². The van der Waals surface area contributed by atoms with Crippen molar-refractivity contribution in [1.82, 2.24) is 4.98 Å². The number of hydrogen-bond acceptors (Lipinski definition) is 4. The van der Waals surface area contributed by atoms with Gasteiger partial charge in [0.2, 0.25) is 0 Å². The molecule has 0 atom stereocenters. The maximum atomic E-state index is 8.57. The largest absolute Gasteiger partial charge is 0.411 e. The standard InChI is InChI=1S/C8H7N3O/c1-6-2-8(5-11-12)10-4-7(6)3-9/h2,4-5,12H,1H3. The fraction of sp³-hybridized carbons (Fsp3) is 0.125. The Bertz CT molecular complexity index is 352. The van der Waals surface area contributed by atoms with Crippen LogP contribution in [0.1, 0.15) is 16.8 Å². The van der Waals surface area contributed by atoms with Crippen LogP contribution in [0.4, 0.5) is 0 Å². The van der Waals surface area contributed by atoms with Crippen LogP contribution in [0, 0.1) is 18.3 Å². The van der Waals surface area contributed by atoms with E-state index in [9.17, 15) is 0 Å². The van der Waals surface area contributed by atoms with E-state index in [4.69, 9.17) is 10.5 Å². The average Bonchev–Trinajstić information content (AvgIpc) is 2.05. The SMILES string of the molecule is Cc1cc(C=NO)ncc1C#N. The Hall–Kier alpha value is -1.89. The summed E-state index contributed by atoms with van der Waals surface area (Å²) in [5.74, 6) is 0. The zero-order valence-corrected chi connectivity index (χ0v) is 6.52. The number of hydrogen-bond donors (Lipinski definition) is 1. The van der Waals surface area contributed by atoms with Crippen molar-refractivity contribution in [2.45, 2.75) is 6.92 Å². The minimum Gasteiger partial charge on any atom is -0.411 e. The van der Waals surface area contributed by atoms with Crippen LogP contribution in [0.3, 0.4) is 0 Å². The molecule has 0 spiro atoms. The summed E-state index contributed by atoms with van der Waals surface area (Å²) in [5, 5.41) is 19.6. The molecule has 1 rings (SSSR count). The zero-order valence-electron chi connectivity index (χ0n) is 6.52. The normalized spacial score (nSPS) is 10.0. The Labute approximate surface area is 69.8 Å². The zero-order chi connectivity index (χ0) is 8.97. The van der Waals surface area contributed by atoms with E-state index in [-0.39, 0.29) is 0 Å². The molecular formula is C8H7N3O. The van der Waals surface area contributed by atoms with Crippen molar-refractivity contribution in [3.05, 3.63) is 29.1 Å². The van der Waals surface area contributed by atoms with Crippen molar-refractivity contribution < 1.29 is 5.21 Å². The van der Waals surface area contributed by atoms with Gasteiger partial charge in [0, 0.05) is 6.20 Å². The Kier molecular flexibility index (Phi) is 2.38. The lowest BCUT2D eigenvalue weighted by Crippen LogP contribution is -1.91. The summed E-state index contributed by atoms with van der Waals surface area (Å²) in [5.41, 5.74) is 1.89. The van der Waals surface area contributed by atoms with Crippen LogP contribution in [0.2, 0.25) is 0 Å². The topological polar surface area (TPSA) is 69.3 Å². The predicted octanol–water partition coefficient (Wildman–Crippen LogP) is 1.07. The summed E-state index contributed by atoms with van der Waals surface area (Å²) in [4.78, 5) is 3.87. The molecule has 0 bridgehead atoms. The minimum atomic E-state index is 0.532. The highest BCUT2D eigenvalue weighted by Crippen LogP contribution is 2.04. The molecule has 0 fully saturated rings. The van der Waals surface area contributed by atoms with Gasteiger partial charge < -0.3 is 5.21 Å². The lowest BCUT2D eigenvalue weighted by atomic mass is 10.1. The Balaban J connectivity index is 3.12. The summed E-state index contributed by atoms with van der Waals surface area (Å²) in [6.45, 7) is 1.80. The van der Waals surface area contributed by atoms with Gasteiger partial charge >= 0.3 is 0 Å². The molecule has 0 aliphatic rings. The van der Waals surface area contributed by atoms with Gasteiger partial charge in [-0.25, -0.2) is 0 Å². The van der Waals surface area contributed by atoms with Gasteiger partial charge in [-0.2, -0.15) is 5.26 Å². The van der Waals surface area contributed by atoms with Gasteiger partial charge in [-0.15, -0.1) is 0 Å². The van der Waals surface area contributed by atoms with Gasteiger partial charge in [-0.3, -0.25) is 4.98 Å². The quantitative estimate of drug-likeness (QED) is 0.380. The van der Waals surface area contributed by atoms with Crippen LogP contribution in [-0.2, 0) is 0 Å². The molecule has 60 valence electrons. The number of pyridine rings is 1. The molecule has 0 amide bonds. The van der Waals surface area contributed by atoms with Crippen molar-refractivity contribution in [2.24, 2.45) is 5.16 Å². The van der Waals surface area contributed by atoms with Gasteiger partial charge in [-0.1, -0.05) is 5.16 Å². The van der Waals surface area contributed by atoms with Gasteiger partial charge in [0.05, 0.1) is 17.5 Å². The highest BCUT2D eigenvalue weighted by atomic mass is 16.4. The van der Waals surface area contributed by atoms with E-state index in [0.29, 0.717) is 11.3 Å². The number of nitrogens with zero attached hydrogens (tertiary/aromatic N) is 3. The lowest BCUT2D eigenvalue weighted by molar-refractivity contribution is 0.321. The summed E-state index contributed by atoms with van der Waals surface area (Å²) in [6.07, 6.45) is 2.67. The maximum absolute atomic E-state index is 8.57. The third-order valence-corrected chi connectivity index (χ3v) is 1.44. The Morgan fingerprint density at radius 2 is 2.50 bits per heavy atom. The second kappa shape index (κ2) is 3.49. The first-order valence-electron chi connectivity index (χ1n) is 3.32. The molecule has 0 unspecified atom stereocenters. The number of nitriles is 1. The molecular weight excluding hydrogens is 154 g/mol. The highest BCUT2D eigenvalue weighted by Gasteiger charge is 1.97. The monoisotopic (exact) mass is 161 g/mol. The van der Waals surface area contributed by atoms with E-state index in [1.165, 1.54) is 12.4 Å². The first-order chi connectivity index (χ1) is 5.77. The molecule has 1 heterocycles. The highest BCUT2D eigenvalue weighted by molar-refractivity contribution is 5.76. The van der Waals surface area contributed by atoms with E-state index >= 15 is 0 Å². The smallest absolute Gasteiger partial charge is 0.101 e. The second-order valence-corrected chi connectivity index (χ2v) is 2.28. The molecule has 4 heteroatoms. The summed E-state index contributed by atoms with van der Waals surface area (Å²) >= 11 is 0. The van der Waals surface area contributed by atoms with E-state index in [2.05, 4.69) is 10.1 Å². The molecule has 0 aliphatic heterocycles. The Morgan fingerprint density at radius 1 is 1.75 bits per heavy atom. The van der Waals surface area contributed by atoms with Crippen LogP contribution >= 0.6 is 0 Å². The molecule has 1 N–H and O–H groups in total. The van der Waals surface area contributed by atoms with Crippen LogP contribution < -0.4 is 0 Å². The number of oxime groups is 1. The summed E-state index contributed by atoms with van der Waals surface area (Å²) in [7, 11) is 0. The van der Waals surface area contributed by atoms with Crippen molar-refractivity contribution in [3.63, 3.8) is 0 Å². The van der Waals surface area contributed by atoms with Gasteiger partial charge in [-0.05, 0) is 18.6 Å². The first-order valence-corrected chi connectivity index (χ1v) is 3.32. The summed E-state index contributed by atoms with van der Waals surface area (Å²) < 4.78 is 0. The fourth-order valence-corrected chi connectivity index (χ4v) is 0.825. The van der Waals surface area contributed by atoms with Crippen molar-refractivity contribution in [2.75, 3.05) is 0 Å². The van der Waals surface area contributed by atoms with E-state index in [1.54, 1.807) is 13.0 Å². The predicted molar refractivity (Wildman–Crippen MR) is 43.1 cm³/mol. The van der Waals surface area contributed by atoms with Crippen LogP contribution in [0.5, 0.6) is 0 Å². The average molecular weight is 161 g/mol. The molecule has 1 aromatic rings. The van der Waals surface area contributed by atoms with Gasteiger partial charge in [0.1, 0.15) is 6.07 Å². The number of rotatable bonds is 1. The maximum Gasteiger partial charge on any atom is 0.101 e. The molecule has 12 heavy (non-hydrogen) atoms. The lowest BCUT2D eigenvalue weighted by Gasteiger charge is -1.95. The van der Waals surface area contributed by atoms with E-state index < -0.39 is 0 Å². The molecule has 0 radical (unpaired) electrons. The molecule has 0 aromatic carbocycles. The number of aromatic nitrogens is 1. The van der Waals surface area contributed by atoms with Crippen LogP contribution in [0.25, 0.3) is 0 Å². The first kappa shape index (κ1) is 8.21. The van der Waals surface area contributed by atoms with Crippen LogP contribution in [0.15, 0.2) is 17.4 Å². The van der Waals surface area contributed by atoms with E-state index in [0.717, 1.165) is 5.56 Å². The van der Waals surface area contributed by atoms with Gasteiger partial charge in [0.15, 0.2) is 0 Å². The third kappa shape index (κ3) is 1.58. The Morgan fingerprint density at radius 3 is 3.00 bits per heavy atom. The fourth-order valence-electron chi connectivity index (χ4n) is 0.825. The van der Waals surface area contributed by atoms with Crippen molar-refractivity contribution >= 4 is 6.21 Å².